The number of hydrogen-bond donors (Lipinski definition) is 1. The Hall–Kier alpha value is -2.79. The predicted octanol–water partition coefficient (Wildman–Crippen LogP) is 1.42. The first kappa shape index (κ1) is 19.5. The molecule has 11 nitrogen and oxygen atoms in total. The zero-order valence-corrected chi connectivity index (χ0v) is 14.5. The van der Waals surface area contributed by atoms with E-state index in [1.807, 2.05) is 6.92 Å². The number of nitrogens with one attached hydrogen (secondary N) is 1. The van der Waals surface area contributed by atoms with Crippen molar-refractivity contribution in [2.24, 2.45) is 0 Å². The van der Waals surface area contributed by atoms with Crippen LogP contribution in [0.5, 0.6) is 0 Å². The van der Waals surface area contributed by atoms with E-state index in [0.29, 0.717) is 19.8 Å². The zero-order chi connectivity index (χ0) is 19.3. The first-order chi connectivity index (χ1) is 12.3. The second-order valence-corrected chi connectivity index (χ2v) is 5.77. The Labute approximate surface area is 149 Å². The highest BCUT2D eigenvalue weighted by molar-refractivity contribution is 5.99. The Morgan fingerprint density at radius 1 is 1.31 bits per heavy atom. The van der Waals surface area contributed by atoms with E-state index in [9.17, 15) is 25.0 Å². The Morgan fingerprint density at radius 3 is 2.50 bits per heavy atom. The lowest BCUT2D eigenvalue weighted by atomic mass is 10.1. The quantitative estimate of drug-likeness (QED) is 0.430. The summed E-state index contributed by atoms with van der Waals surface area (Å²) in [5.41, 5.74) is -1.44. The fourth-order valence-corrected chi connectivity index (χ4v) is 2.72. The summed E-state index contributed by atoms with van der Waals surface area (Å²) in [7, 11) is 1.10. The van der Waals surface area contributed by atoms with E-state index in [2.05, 4.69) is 15.0 Å². The van der Waals surface area contributed by atoms with E-state index in [-0.39, 0.29) is 17.3 Å². The summed E-state index contributed by atoms with van der Waals surface area (Å²) < 4.78 is 9.91. The van der Waals surface area contributed by atoms with Gasteiger partial charge in [0.15, 0.2) is 0 Å². The van der Waals surface area contributed by atoms with Crippen molar-refractivity contribution in [1.29, 1.82) is 0 Å². The molecule has 0 aromatic heterocycles. The van der Waals surface area contributed by atoms with Gasteiger partial charge in [0.2, 0.25) is 0 Å². The smallest absolute Gasteiger partial charge is 0.340 e. The number of nitro benzene ring substituents is 2. The minimum Gasteiger partial charge on any atom is -0.465 e. The average molecular weight is 368 g/mol. The number of benzene rings is 1. The molecule has 1 unspecified atom stereocenters. The number of ether oxygens (including phenoxy) is 2. The highest BCUT2D eigenvalue weighted by Crippen LogP contribution is 2.34. The largest absolute Gasteiger partial charge is 0.465 e. The molecule has 0 bridgehead atoms. The number of rotatable bonds is 7. The summed E-state index contributed by atoms with van der Waals surface area (Å²) in [6, 6.07) is 1.81. The standard InChI is InChI=1S/C15H20N4O7/c1-10(17-3-5-26-6-4-17)9-16-14-12(15(20)25-2)7-11(18(21)22)8-13(14)19(23)24/h7-8,10,16H,3-6,9H2,1-2H3. The molecule has 1 aromatic carbocycles. The number of anilines is 1. The van der Waals surface area contributed by atoms with Crippen LogP contribution >= 0.6 is 0 Å². The van der Waals surface area contributed by atoms with Gasteiger partial charge in [-0.2, -0.15) is 0 Å². The van der Waals surface area contributed by atoms with Crippen LogP contribution in [0.1, 0.15) is 17.3 Å². The number of carbonyl (C=O) groups excluding carboxylic acids is 1. The number of nitrogens with zero attached hydrogens (tertiary/aromatic N) is 3. The predicted molar refractivity (Wildman–Crippen MR) is 91.4 cm³/mol. The van der Waals surface area contributed by atoms with Crippen molar-refractivity contribution in [2.45, 2.75) is 13.0 Å². The summed E-state index contributed by atoms with van der Waals surface area (Å²) in [5, 5.41) is 25.3. The molecule has 0 saturated carbocycles. The van der Waals surface area contributed by atoms with Crippen LogP contribution in [0.3, 0.4) is 0 Å². The van der Waals surface area contributed by atoms with Crippen LogP contribution < -0.4 is 5.32 Å². The number of hydrogen-bond acceptors (Lipinski definition) is 9. The molecule has 1 saturated heterocycles. The molecule has 26 heavy (non-hydrogen) atoms. The van der Waals surface area contributed by atoms with Gasteiger partial charge in [-0.15, -0.1) is 0 Å². The van der Waals surface area contributed by atoms with Crippen molar-refractivity contribution in [1.82, 2.24) is 4.90 Å². The van der Waals surface area contributed by atoms with Crippen LogP contribution in [-0.4, -0.2) is 66.7 Å². The highest BCUT2D eigenvalue weighted by Gasteiger charge is 2.28. The zero-order valence-electron chi connectivity index (χ0n) is 14.5. The number of nitro groups is 2. The second kappa shape index (κ2) is 8.54. The monoisotopic (exact) mass is 368 g/mol. The van der Waals surface area contributed by atoms with E-state index in [4.69, 9.17) is 4.74 Å². The van der Waals surface area contributed by atoms with E-state index in [1.54, 1.807) is 0 Å². The van der Waals surface area contributed by atoms with Crippen molar-refractivity contribution in [3.8, 4) is 0 Å². The lowest BCUT2D eigenvalue weighted by Gasteiger charge is -2.32. The molecule has 1 aliphatic heterocycles. The van der Waals surface area contributed by atoms with Crippen LogP contribution in [0.2, 0.25) is 0 Å². The highest BCUT2D eigenvalue weighted by atomic mass is 16.6. The molecular weight excluding hydrogens is 348 g/mol. The molecule has 2 rings (SSSR count). The molecule has 142 valence electrons. The molecule has 11 heteroatoms. The fraction of sp³-hybridized carbons (Fsp3) is 0.533. The molecule has 1 N–H and O–H groups in total. The third kappa shape index (κ3) is 4.43. The Balaban J connectivity index is 2.33. The van der Waals surface area contributed by atoms with Gasteiger partial charge in [-0.3, -0.25) is 25.1 Å². The van der Waals surface area contributed by atoms with Crippen LogP contribution in [-0.2, 0) is 9.47 Å². The average Bonchev–Trinajstić information content (AvgIpc) is 2.65. The molecule has 1 fully saturated rings. The van der Waals surface area contributed by atoms with E-state index in [1.165, 1.54) is 0 Å². The number of carbonyl (C=O) groups is 1. The summed E-state index contributed by atoms with van der Waals surface area (Å²) in [6.45, 7) is 4.92. The molecule has 0 amide bonds. The molecule has 0 spiro atoms. The number of esters is 1. The lowest BCUT2D eigenvalue weighted by molar-refractivity contribution is -0.393. The van der Waals surface area contributed by atoms with Crippen LogP contribution in [0, 0.1) is 20.2 Å². The SMILES string of the molecule is COC(=O)c1cc([N+](=O)[O-])cc([N+](=O)[O-])c1NCC(C)N1CCOCC1. The first-order valence-electron chi connectivity index (χ1n) is 7.96. The fourth-order valence-electron chi connectivity index (χ4n) is 2.72. The number of morpholine rings is 1. The van der Waals surface area contributed by atoms with Gasteiger partial charge < -0.3 is 14.8 Å². The molecule has 1 atom stereocenters. The third-order valence-corrected chi connectivity index (χ3v) is 4.16. The Morgan fingerprint density at radius 2 is 1.96 bits per heavy atom. The minimum atomic E-state index is -0.890. The van der Waals surface area contributed by atoms with Gasteiger partial charge in [0.05, 0.1) is 41.8 Å². The van der Waals surface area contributed by atoms with Gasteiger partial charge in [-0.25, -0.2) is 4.79 Å². The Kier molecular flexibility index (Phi) is 6.41. The van der Waals surface area contributed by atoms with Crippen molar-refractivity contribution in [3.63, 3.8) is 0 Å². The summed E-state index contributed by atoms with van der Waals surface area (Å²) >= 11 is 0. The summed E-state index contributed by atoms with van der Waals surface area (Å²) in [5.74, 6) is -0.890. The maximum Gasteiger partial charge on any atom is 0.340 e. The van der Waals surface area contributed by atoms with Crippen LogP contribution in [0.4, 0.5) is 17.1 Å². The molecule has 0 aliphatic carbocycles. The normalized spacial score (nSPS) is 15.9. The van der Waals surface area contributed by atoms with Gasteiger partial charge in [-0.05, 0) is 6.92 Å². The molecule has 1 aliphatic rings. The molecule has 0 radical (unpaired) electrons. The van der Waals surface area contributed by atoms with Gasteiger partial charge in [-0.1, -0.05) is 0 Å². The van der Waals surface area contributed by atoms with Gasteiger partial charge in [0, 0.05) is 31.7 Å². The second-order valence-electron chi connectivity index (χ2n) is 5.77. The van der Waals surface area contributed by atoms with Crippen LogP contribution in [0.15, 0.2) is 12.1 Å². The third-order valence-electron chi connectivity index (χ3n) is 4.16. The number of methoxy groups -OCH3 is 1. The molecule has 1 aromatic rings. The lowest BCUT2D eigenvalue weighted by Crippen LogP contribution is -2.45. The Bertz CT molecular complexity index is 703. The minimum absolute atomic E-state index is 0.0131. The maximum atomic E-state index is 12.0. The van der Waals surface area contributed by atoms with E-state index < -0.39 is 27.2 Å². The van der Waals surface area contributed by atoms with Crippen molar-refractivity contribution in [2.75, 3.05) is 45.3 Å². The van der Waals surface area contributed by atoms with Gasteiger partial charge in [0.1, 0.15) is 5.69 Å². The summed E-state index contributed by atoms with van der Waals surface area (Å²) in [6.07, 6.45) is 0. The van der Waals surface area contributed by atoms with Crippen LogP contribution in [0.25, 0.3) is 0 Å². The molecule has 1 heterocycles. The summed E-state index contributed by atoms with van der Waals surface area (Å²) in [4.78, 5) is 35.0. The molecular formula is C15H20N4O7. The van der Waals surface area contributed by atoms with Gasteiger partial charge in [0.25, 0.3) is 11.4 Å². The maximum absolute atomic E-state index is 12.0. The van der Waals surface area contributed by atoms with Crippen molar-refractivity contribution in [3.05, 3.63) is 37.9 Å². The van der Waals surface area contributed by atoms with Crippen molar-refractivity contribution < 1.29 is 24.1 Å². The number of non-ortho nitro benzene ring substituents is 1. The topological polar surface area (TPSA) is 137 Å². The van der Waals surface area contributed by atoms with Gasteiger partial charge >= 0.3 is 5.97 Å². The van der Waals surface area contributed by atoms with E-state index >= 15 is 0 Å². The first-order valence-corrected chi connectivity index (χ1v) is 7.96. The van der Waals surface area contributed by atoms with E-state index in [0.717, 1.165) is 32.3 Å². The van der Waals surface area contributed by atoms with Crippen molar-refractivity contribution >= 4 is 23.0 Å².